The fourth-order valence-electron chi connectivity index (χ4n) is 6.69. The molecule has 0 aromatic heterocycles. The maximum absolute atomic E-state index is 13.4. The normalized spacial score (nSPS) is 34.8. The monoisotopic (exact) mass is 388 g/mol. The summed E-state index contributed by atoms with van der Waals surface area (Å²) in [5, 5.41) is 12.2. The number of para-hydroxylation sites is 1. The van der Waals surface area contributed by atoms with E-state index in [-0.39, 0.29) is 24.3 Å². The molecule has 1 N–H and O–H groups in total. The molecule has 5 heteroatoms. The average Bonchev–Trinajstić information content (AvgIpc) is 3.16. The maximum Gasteiger partial charge on any atom is 0.227 e. The van der Waals surface area contributed by atoms with Crippen LogP contribution in [0.3, 0.4) is 0 Å². The standard InChI is InChI=1S/C24H24N2O3/c27-20-11-10-17-12-13-24(29)23(18-8-4-5-9-19(18)26(20)22(17)23)14-21(28)25(24)15-16-6-2-1-3-7-16/h1-9,17,22,29H,10-15H2/t17-,22+,23+,24-/m1/s1. The number of nitrogens with zero attached hydrogens (tertiary/aromatic N) is 2. The first-order valence-electron chi connectivity index (χ1n) is 10.5. The molecular formula is C24H24N2O3. The number of fused-ring (bicyclic) bond motifs is 2. The van der Waals surface area contributed by atoms with Crippen molar-refractivity contribution in [2.45, 2.75) is 55.8 Å². The molecule has 5 nitrogen and oxygen atoms in total. The molecule has 1 saturated carbocycles. The van der Waals surface area contributed by atoms with E-state index in [0.717, 1.165) is 29.7 Å². The van der Waals surface area contributed by atoms with Crippen molar-refractivity contribution in [2.75, 3.05) is 4.90 Å². The summed E-state index contributed by atoms with van der Waals surface area (Å²) in [5.41, 5.74) is 0.854. The van der Waals surface area contributed by atoms with Crippen LogP contribution in [0.25, 0.3) is 0 Å². The largest absolute Gasteiger partial charge is 0.370 e. The van der Waals surface area contributed by atoms with Crippen LogP contribution in [-0.2, 0) is 21.5 Å². The van der Waals surface area contributed by atoms with Gasteiger partial charge < -0.3 is 14.9 Å². The van der Waals surface area contributed by atoms with Crippen LogP contribution in [0.2, 0.25) is 0 Å². The van der Waals surface area contributed by atoms with Crippen molar-refractivity contribution in [1.29, 1.82) is 0 Å². The van der Waals surface area contributed by atoms with Crippen LogP contribution in [0, 0.1) is 5.92 Å². The van der Waals surface area contributed by atoms with E-state index in [9.17, 15) is 14.7 Å². The predicted octanol–water partition coefficient (Wildman–Crippen LogP) is 2.96. The van der Waals surface area contributed by atoms with Crippen molar-refractivity contribution in [3.8, 4) is 0 Å². The van der Waals surface area contributed by atoms with Gasteiger partial charge in [-0.15, -0.1) is 0 Å². The highest BCUT2D eigenvalue weighted by Gasteiger charge is 2.74. The molecule has 4 atom stereocenters. The number of piperidine rings is 1. The molecule has 1 spiro atoms. The van der Waals surface area contributed by atoms with E-state index < -0.39 is 11.1 Å². The minimum Gasteiger partial charge on any atom is -0.370 e. The smallest absolute Gasteiger partial charge is 0.227 e. The van der Waals surface area contributed by atoms with Gasteiger partial charge in [0.15, 0.2) is 5.72 Å². The zero-order valence-electron chi connectivity index (χ0n) is 16.3. The molecule has 2 amide bonds. The Morgan fingerprint density at radius 3 is 2.55 bits per heavy atom. The van der Waals surface area contributed by atoms with Gasteiger partial charge in [-0.3, -0.25) is 9.59 Å². The van der Waals surface area contributed by atoms with Crippen molar-refractivity contribution >= 4 is 17.5 Å². The second-order valence-electron chi connectivity index (χ2n) is 8.99. The molecule has 0 unspecified atom stereocenters. The molecule has 6 rings (SSSR count). The van der Waals surface area contributed by atoms with Crippen molar-refractivity contribution in [1.82, 2.24) is 4.90 Å². The predicted molar refractivity (Wildman–Crippen MR) is 108 cm³/mol. The van der Waals surface area contributed by atoms with Crippen molar-refractivity contribution < 1.29 is 14.7 Å². The second-order valence-corrected chi connectivity index (χ2v) is 8.99. The summed E-state index contributed by atoms with van der Waals surface area (Å²) in [6, 6.07) is 17.6. The Balaban J connectivity index is 1.54. The van der Waals surface area contributed by atoms with Crippen LogP contribution in [0.4, 0.5) is 5.69 Å². The summed E-state index contributed by atoms with van der Waals surface area (Å²) >= 11 is 0. The van der Waals surface area contributed by atoms with Gasteiger partial charge in [0.2, 0.25) is 11.8 Å². The van der Waals surface area contributed by atoms with Gasteiger partial charge in [0.1, 0.15) is 0 Å². The highest BCUT2D eigenvalue weighted by molar-refractivity contribution is 6.00. The quantitative estimate of drug-likeness (QED) is 0.861. The highest BCUT2D eigenvalue weighted by atomic mass is 16.3. The molecule has 29 heavy (non-hydrogen) atoms. The van der Waals surface area contributed by atoms with E-state index in [1.165, 1.54) is 0 Å². The topological polar surface area (TPSA) is 60.9 Å². The van der Waals surface area contributed by atoms with Crippen LogP contribution < -0.4 is 4.90 Å². The molecule has 3 heterocycles. The average molecular weight is 388 g/mol. The van der Waals surface area contributed by atoms with Crippen molar-refractivity contribution in [2.24, 2.45) is 5.92 Å². The Hall–Kier alpha value is -2.66. The van der Waals surface area contributed by atoms with Gasteiger partial charge in [0.25, 0.3) is 0 Å². The first kappa shape index (κ1) is 17.2. The number of hydrogen-bond acceptors (Lipinski definition) is 3. The van der Waals surface area contributed by atoms with E-state index in [1.807, 2.05) is 59.5 Å². The number of amides is 2. The SMILES string of the molecule is O=C1CC[C@@H]2CC[C@]3(O)N(Cc4ccccc4)C(=O)C[C@@]34c3ccccc3N1[C@@H]24. The van der Waals surface area contributed by atoms with E-state index in [2.05, 4.69) is 0 Å². The zero-order valence-corrected chi connectivity index (χ0v) is 16.3. The summed E-state index contributed by atoms with van der Waals surface area (Å²) < 4.78 is 0. The van der Waals surface area contributed by atoms with Crippen LogP contribution in [-0.4, -0.2) is 33.6 Å². The lowest BCUT2D eigenvalue weighted by Gasteiger charge is -2.55. The van der Waals surface area contributed by atoms with E-state index in [4.69, 9.17) is 0 Å². The van der Waals surface area contributed by atoms with Crippen molar-refractivity contribution in [3.63, 3.8) is 0 Å². The minimum absolute atomic E-state index is 0.0216. The fraction of sp³-hybridized carbons (Fsp3) is 0.417. The first-order chi connectivity index (χ1) is 14.1. The summed E-state index contributed by atoms with van der Waals surface area (Å²) in [6.45, 7) is 0.394. The number of hydrogen-bond donors (Lipinski definition) is 1. The van der Waals surface area contributed by atoms with E-state index >= 15 is 0 Å². The first-order valence-corrected chi connectivity index (χ1v) is 10.5. The third kappa shape index (κ3) is 1.99. The van der Waals surface area contributed by atoms with E-state index in [1.54, 1.807) is 4.90 Å². The molecule has 148 valence electrons. The molecule has 3 fully saturated rings. The summed E-state index contributed by atoms with van der Waals surface area (Å²) in [4.78, 5) is 29.9. The number of aliphatic hydroxyl groups is 1. The second kappa shape index (κ2) is 5.70. The number of rotatable bonds is 2. The lowest BCUT2D eigenvalue weighted by atomic mass is 9.57. The Morgan fingerprint density at radius 2 is 1.72 bits per heavy atom. The van der Waals surface area contributed by atoms with Gasteiger partial charge in [0.05, 0.1) is 11.5 Å². The van der Waals surface area contributed by atoms with Gasteiger partial charge in [-0.05, 0) is 42.4 Å². The molecule has 2 saturated heterocycles. The van der Waals surface area contributed by atoms with Crippen LogP contribution in [0.5, 0.6) is 0 Å². The zero-order chi connectivity index (χ0) is 19.8. The number of anilines is 1. The highest BCUT2D eigenvalue weighted by Crippen LogP contribution is 2.65. The fourth-order valence-corrected chi connectivity index (χ4v) is 6.69. The molecular weight excluding hydrogens is 364 g/mol. The van der Waals surface area contributed by atoms with Gasteiger partial charge in [-0.1, -0.05) is 48.5 Å². The van der Waals surface area contributed by atoms with Gasteiger partial charge >= 0.3 is 0 Å². The van der Waals surface area contributed by atoms with Gasteiger partial charge in [-0.25, -0.2) is 0 Å². The third-order valence-corrected chi connectivity index (χ3v) is 7.81. The number of benzene rings is 2. The lowest BCUT2D eigenvalue weighted by Crippen LogP contribution is -2.68. The van der Waals surface area contributed by atoms with Crippen LogP contribution in [0.1, 0.15) is 43.2 Å². The summed E-state index contributed by atoms with van der Waals surface area (Å²) in [5.74, 6) is 0.422. The van der Waals surface area contributed by atoms with Crippen LogP contribution >= 0.6 is 0 Å². The molecule has 2 aromatic carbocycles. The molecule has 3 aliphatic heterocycles. The Morgan fingerprint density at radius 1 is 0.966 bits per heavy atom. The third-order valence-electron chi connectivity index (χ3n) is 7.81. The number of likely N-dealkylation sites (tertiary alicyclic amines) is 1. The molecule has 4 aliphatic rings. The lowest BCUT2D eigenvalue weighted by molar-refractivity contribution is -0.174. The Labute approximate surface area is 169 Å². The molecule has 0 radical (unpaired) electrons. The summed E-state index contributed by atoms with van der Waals surface area (Å²) in [6.07, 6.45) is 3.05. The minimum atomic E-state index is -1.27. The van der Waals surface area contributed by atoms with Crippen LogP contribution in [0.15, 0.2) is 54.6 Å². The number of carbonyl (C=O) groups is 2. The Kier molecular flexibility index (Phi) is 3.38. The molecule has 2 aromatic rings. The molecule has 1 aliphatic carbocycles. The van der Waals surface area contributed by atoms with Gasteiger partial charge in [0, 0.05) is 25.1 Å². The van der Waals surface area contributed by atoms with E-state index in [0.29, 0.717) is 25.3 Å². The number of carbonyl (C=O) groups excluding carboxylic acids is 2. The summed E-state index contributed by atoms with van der Waals surface area (Å²) in [7, 11) is 0. The van der Waals surface area contributed by atoms with Gasteiger partial charge in [-0.2, -0.15) is 0 Å². The Bertz CT molecular complexity index is 1020. The molecule has 0 bridgehead atoms. The maximum atomic E-state index is 13.4. The van der Waals surface area contributed by atoms with Crippen molar-refractivity contribution in [3.05, 3.63) is 65.7 Å².